The van der Waals surface area contributed by atoms with Gasteiger partial charge < -0.3 is 9.84 Å². The Bertz CT molecular complexity index is 284. The number of aliphatic hydroxyl groups is 1. The summed E-state index contributed by atoms with van der Waals surface area (Å²) in [5, 5.41) is 8.79. The standard InChI is InChI=1S/C9H11FO2/c1-6-3-7(5-11)4-8(12-2)9(6)10/h3-4,11H,5H2,1-2H3. The maximum Gasteiger partial charge on any atom is 0.167 e. The molecule has 0 amide bonds. The molecule has 0 aliphatic heterocycles. The maximum atomic E-state index is 13.1. The average Bonchev–Trinajstić information content (AvgIpc) is 2.09. The molecule has 0 unspecified atom stereocenters. The topological polar surface area (TPSA) is 29.5 Å². The molecule has 0 radical (unpaired) electrons. The van der Waals surface area contributed by atoms with Crippen molar-refractivity contribution < 1.29 is 14.2 Å². The number of halogens is 1. The van der Waals surface area contributed by atoms with Crippen LogP contribution in [-0.2, 0) is 6.61 Å². The molecule has 0 aromatic heterocycles. The van der Waals surface area contributed by atoms with Crippen LogP contribution >= 0.6 is 0 Å². The summed E-state index contributed by atoms with van der Waals surface area (Å²) in [4.78, 5) is 0. The molecule has 0 atom stereocenters. The van der Waals surface area contributed by atoms with Gasteiger partial charge in [-0.15, -0.1) is 0 Å². The Hall–Kier alpha value is -1.09. The fourth-order valence-electron chi connectivity index (χ4n) is 1.05. The summed E-state index contributed by atoms with van der Waals surface area (Å²) in [7, 11) is 1.40. The zero-order valence-corrected chi connectivity index (χ0v) is 7.10. The van der Waals surface area contributed by atoms with Crippen molar-refractivity contribution in [3.05, 3.63) is 29.1 Å². The van der Waals surface area contributed by atoms with Crippen molar-refractivity contribution in [3.63, 3.8) is 0 Å². The maximum absolute atomic E-state index is 13.1. The fraction of sp³-hybridized carbons (Fsp3) is 0.333. The Morgan fingerprint density at radius 2 is 2.17 bits per heavy atom. The van der Waals surface area contributed by atoms with E-state index in [4.69, 9.17) is 9.84 Å². The summed E-state index contributed by atoms with van der Waals surface area (Å²) >= 11 is 0. The van der Waals surface area contributed by atoms with Crippen LogP contribution in [0.3, 0.4) is 0 Å². The van der Waals surface area contributed by atoms with E-state index in [0.717, 1.165) is 0 Å². The number of methoxy groups -OCH3 is 1. The van der Waals surface area contributed by atoms with E-state index in [1.807, 2.05) is 0 Å². The van der Waals surface area contributed by atoms with Gasteiger partial charge in [0.25, 0.3) is 0 Å². The van der Waals surface area contributed by atoms with Crippen molar-refractivity contribution >= 4 is 0 Å². The first-order chi connectivity index (χ1) is 5.69. The molecule has 0 bridgehead atoms. The summed E-state index contributed by atoms with van der Waals surface area (Å²) in [5.41, 5.74) is 1.14. The summed E-state index contributed by atoms with van der Waals surface area (Å²) in [5.74, 6) is -0.186. The van der Waals surface area contributed by atoms with Gasteiger partial charge in [-0.25, -0.2) is 4.39 Å². The third-order valence-corrected chi connectivity index (χ3v) is 1.68. The Balaban J connectivity index is 3.19. The smallest absolute Gasteiger partial charge is 0.167 e. The van der Waals surface area contributed by atoms with E-state index in [-0.39, 0.29) is 18.2 Å². The molecular formula is C9H11FO2. The van der Waals surface area contributed by atoms with Gasteiger partial charge >= 0.3 is 0 Å². The van der Waals surface area contributed by atoms with Crippen LogP contribution in [0.5, 0.6) is 5.75 Å². The molecule has 0 aliphatic rings. The second-order valence-corrected chi connectivity index (χ2v) is 2.59. The van der Waals surface area contributed by atoms with Gasteiger partial charge in [0.15, 0.2) is 11.6 Å². The average molecular weight is 170 g/mol. The van der Waals surface area contributed by atoms with Crippen molar-refractivity contribution in [1.82, 2.24) is 0 Å². The molecule has 0 spiro atoms. The predicted molar refractivity (Wildman–Crippen MR) is 43.6 cm³/mol. The van der Waals surface area contributed by atoms with Crippen molar-refractivity contribution in [2.45, 2.75) is 13.5 Å². The van der Waals surface area contributed by atoms with Gasteiger partial charge in [0, 0.05) is 0 Å². The third-order valence-electron chi connectivity index (χ3n) is 1.68. The van der Waals surface area contributed by atoms with Gasteiger partial charge in [-0.3, -0.25) is 0 Å². The van der Waals surface area contributed by atoms with Crippen molar-refractivity contribution in [1.29, 1.82) is 0 Å². The van der Waals surface area contributed by atoms with Crippen LogP contribution in [0, 0.1) is 12.7 Å². The van der Waals surface area contributed by atoms with E-state index in [9.17, 15) is 4.39 Å². The van der Waals surface area contributed by atoms with E-state index in [1.54, 1.807) is 13.0 Å². The summed E-state index contributed by atoms with van der Waals surface area (Å²) < 4.78 is 17.9. The minimum atomic E-state index is -0.366. The van der Waals surface area contributed by atoms with Crippen molar-refractivity contribution in [3.8, 4) is 5.75 Å². The number of rotatable bonds is 2. The van der Waals surface area contributed by atoms with Crippen LogP contribution in [0.25, 0.3) is 0 Å². The van der Waals surface area contributed by atoms with E-state index < -0.39 is 0 Å². The molecule has 1 rings (SSSR count). The summed E-state index contributed by atoms with van der Waals surface area (Å²) in [6.45, 7) is 1.54. The fourth-order valence-corrected chi connectivity index (χ4v) is 1.05. The number of hydrogen-bond acceptors (Lipinski definition) is 2. The number of aliphatic hydroxyl groups excluding tert-OH is 1. The molecule has 0 aliphatic carbocycles. The molecule has 0 saturated heterocycles. The minimum absolute atomic E-state index is 0.0997. The molecule has 1 aromatic carbocycles. The number of aryl methyl sites for hydroxylation is 1. The minimum Gasteiger partial charge on any atom is -0.494 e. The molecule has 12 heavy (non-hydrogen) atoms. The van der Waals surface area contributed by atoms with Gasteiger partial charge in [-0.2, -0.15) is 0 Å². The largest absolute Gasteiger partial charge is 0.494 e. The van der Waals surface area contributed by atoms with Gasteiger partial charge in [0.2, 0.25) is 0 Å². The quantitative estimate of drug-likeness (QED) is 0.731. The molecular weight excluding hydrogens is 159 g/mol. The van der Waals surface area contributed by atoms with E-state index in [0.29, 0.717) is 11.1 Å². The second-order valence-electron chi connectivity index (χ2n) is 2.59. The van der Waals surface area contributed by atoms with Gasteiger partial charge in [0.1, 0.15) is 0 Å². The highest BCUT2D eigenvalue weighted by atomic mass is 19.1. The van der Waals surface area contributed by atoms with Gasteiger partial charge in [-0.1, -0.05) is 6.07 Å². The Morgan fingerprint density at radius 3 is 2.67 bits per heavy atom. The molecule has 3 heteroatoms. The predicted octanol–water partition coefficient (Wildman–Crippen LogP) is 1.64. The van der Waals surface area contributed by atoms with Crippen molar-refractivity contribution in [2.24, 2.45) is 0 Å². The second kappa shape index (κ2) is 3.54. The Labute approximate surface area is 70.6 Å². The Kier molecular flexibility index (Phi) is 2.65. The Morgan fingerprint density at radius 1 is 1.50 bits per heavy atom. The number of hydrogen-bond donors (Lipinski definition) is 1. The van der Waals surface area contributed by atoms with Crippen LogP contribution in [0.2, 0.25) is 0 Å². The van der Waals surface area contributed by atoms with Crippen LogP contribution in [-0.4, -0.2) is 12.2 Å². The molecule has 66 valence electrons. The highest BCUT2D eigenvalue weighted by Gasteiger charge is 2.06. The molecule has 2 nitrogen and oxygen atoms in total. The van der Waals surface area contributed by atoms with Gasteiger partial charge in [-0.05, 0) is 24.1 Å². The molecule has 0 fully saturated rings. The zero-order chi connectivity index (χ0) is 9.14. The first kappa shape index (κ1) is 9.00. The lowest BCUT2D eigenvalue weighted by molar-refractivity contribution is 0.280. The molecule has 1 N–H and O–H groups in total. The number of ether oxygens (including phenoxy) is 1. The third kappa shape index (κ3) is 1.56. The lowest BCUT2D eigenvalue weighted by Crippen LogP contribution is -1.94. The zero-order valence-electron chi connectivity index (χ0n) is 7.10. The lowest BCUT2D eigenvalue weighted by Gasteiger charge is -2.06. The first-order valence-electron chi connectivity index (χ1n) is 3.63. The van der Waals surface area contributed by atoms with E-state index in [1.165, 1.54) is 13.2 Å². The van der Waals surface area contributed by atoms with Crippen LogP contribution in [0.4, 0.5) is 4.39 Å². The van der Waals surface area contributed by atoms with E-state index in [2.05, 4.69) is 0 Å². The first-order valence-corrected chi connectivity index (χ1v) is 3.63. The molecule has 1 aromatic rings. The van der Waals surface area contributed by atoms with E-state index >= 15 is 0 Å². The molecule has 0 saturated carbocycles. The van der Waals surface area contributed by atoms with Gasteiger partial charge in [0.05, 0.1) is 13.7 Å². The molecule has 0 heterocycles. The normalized spacial score (nSPS) is 10.0. The van der Waals surface area contributed by atoms with Crippen LogP contribution in [0.1, 0.15) is 11.1 Å². The number of benzene rings is 1. The SMILES string of the molecule is COc1cc(CO)cc(C)c1F. The van der Waals surface area contributed by atoms with Crippen LogP contribution < -0.4 is 4.74 Å². The summed E-state index contributed by atoms with van der Waals surface area (Å²) in [6.07, 6.45) is 0. The monoisotopic (exact) mass is 170 g/mol. The van der Waals surface area contributed by atoms with Crippen molar-refractivity contribution in [2.75, 3.05) is 7.11 Å². The lowest BCUT2D eigenvalue weighted by atomic mass is 10.1. The van der Waals surface area contributed by atoms with Crippen LogP contribution in [0.15, 0.2) is 12.1 Å². The highest BCUT2D eigenvalue weighted by molar-refractivity contribution is 5.35. The highest BCUT2D eigenvalue weighted by Crippen LogP contribution is 2.22. The summed E-state index contributed by atoms with van der Waals surface area (Å²) in [6, 6.07) is 3.08.